The summed E-state index contributed by atoms with van der Waals surface area (Å²) in [4.78, 5) is 0. The Morgan fingerprint density at radius 3 is 2.69 bits per heavy atom. The van der Waals surface area contributed by atoms with E-state index in [9.17, 15) is 5.11 Å². The normalized spacial score (nSPS) is 25.4. The van der Waals surface area contributed by atoms with Crippen LogP contribution in [-0.2, 0) is 0 Å². The molecule has 2 nitrogen and oxygen atoms in total. The lowest BCUT2D eigenvalue weighted by atomic mass is 9.95. The average Bonchev–Trinajstić information content (AvgIpc) is 2.27. The highest BCUT2D eigenvalue weighted by molar-refractivity contribution is 5.36. The van der Waals surface area contributed by atoms with Crippen LogP contribution in [0.15, 0.2) is 18.2 Å². The highest BCUT2D eigenvalue weighted by atomic mass is 16.5. The second-order valence-corrected chi connectivity index (χ2v) is 4.78. The second kappa shape index (κ2) is 4.88. The molecule has 1 aliphatic rings. The van der Waals surface area contributed by atoms with Crippen molar-refractivity contribution in [3.05, 3.63) is 29.3 Å². The molecule has 0 aromatic heterocycles. The molecule has 1 aromatic rings. The Labute approximate surface area is 97.3 Å². The van der Waals surface area contributed by atoms with Gasteiger partial charge in [0.1, 0.15) is 11.9 Å². The van der Waals surface area contributed by atoms with Gasteiger partial charge in [-0.25, -0.2) is 0 Å². The van der Waals surface area contributed by atoms with Gasteiger partial charge in [-0.2, -0.15) is 0 Å². The molecule has 0 heterocycles. The lowest BCUT2D eigenvalue weighted by molar-refractivity contribution is 0.00652. The first-order chi connectivity index (χ1) is 7.66. The summed E-state index contributed by atoms with van der Waals surface area (Å²) in [6.07, 6.45) is 3.80. The van der Waals surface area contributed by atoms with E-state index in [4.69, 9.17) is 4.74 Å². The number of aryl methyl sites for hydroxylation is 2. The first-order valence-corrected chi connectivity index (χ1v) is 6.09. The fourth-order valence-corrected chi connectivity index (χ4v) is 2.21. The molecular formula is C14H20O2. The SMILES string of the molecule is Cc1ccc(C)c(O[C@H]2CCCC[C@@H]2O)c1. The Morgan fingerprint density at radius 2 is 1.94 bits per heavy atom. The molecule has 0 aliphatic heterocycles. The van der Waals surface area contributed by atoms with Gasteiger partial charge >= 0.3 is 0 Å². The van der Waals surface area contributed by atoms with Gasteiger partial charge in [-0.05, 0) is 50.3 Å². The van der Waals surface area contributed by atoms with Gasteiger partial charge in [0.15, 0.2) is 0 Å². The van der Waals surface area contributed by atoms with Crippen LogP contribution in [0.4, 0.5) is 0 Å². The summed E-state index contributed by atoms with van der Waals surface area (Å²) in [6, 6.07) is 6.20. The van der Waals surface area contributed by atoms with E-state index in [1.165, 1.54) is 5.56 Å². The zero-order valence-electron chi connectivity index (χ0n) is 10.1. The summed E-state index contributed by atoms with van der Waals surface area (Å²) >= 11 is 0. The molecule has 1 saturated carbocycles. The molecule has 1 aromatic carbocycles. The molecule has 1 aliphatic carbocycles. The van der Waals surface area contributed by atoms with Gasteiger partial charge in [0.05, 0.1) is 6.10 Å². The first-order valence-electron chi connectivity index (χ1n) is 6.09. The molecule has 0 bridgehead atoms. The van der Waals surface area contributed by atoms with Crippen molar-refractivity contribution in [1.82, 2.24) is 0 Å². The number of aliphatic hydroxyl groups is 1. The minimum absolute atomic E-state index is 0.0192. The molecule has 2 atom stereocenters. The summed E-state index contributed by atoms with van der Waals surface area (Å²) in [7, 11) is 0. The van der Waals surface area contributed by atoms with E-state index in [1.807, 2.05) is 6.92 Å². The molecule has 16 heavy (non-hydrogen) atoms. The van der Waals surface area contributed by atoms with Crippen molar-refractivity contribution in [2.24, 2.45) is 0 Å². The van der Waals surface area contributed by atoms with E-state index in [2.05, 4.69) is 25.1 Å². The van der Waals surface area contributed by atoms with Gasteiger partial charge in [0, 0.05) is 0 Å². The molecule has 2 rings (SSSR count). The van der Waals surface area contributed by atoms with Crippen molar-refractivity contribution in [1.29, 1.82) is 0 Å². The average molecular weight is 220 g/mol. The molecular weight excluding hydrogens is 200 g/mol. The third kappa shape index (κ3) is 2.56. The number of hydrogen-bond donors (Lipinski definition) is 1. The predicted molar refractivity (Wildman–Crippen MR) is 64.8 cm³/mol. The maximum atomic E-state index is 9.87. The van der Waals surface area contributed by atoms with E-state index in [1.54, 1.807) is 0 Å². The van der Waals surface area contributed by atoms with Crippen LogP contribution in [0.25, 0.3) is 0 Å². The Balaban J connectivity index is 2.10. The molecule has 0 amide bonds. The van der Waals surface area contributed by atoms with Gasteiger partial charge in [-0.15, -0.1) is 0 Å². The Hall–Kier alpha value is -1.02. The Morgan fingerprint density at radius 1 is 1.19 bits per heavy atom. The molecule has 0 radical (unpaired) electrons. The zero-order valence-corrected chi connectivity index (χ0v) is 10.1. The quantitative estimate of drug-likeness (QED) is 0.830. The van der Waals surface area contributed by atoms with E-state index < -0.39 is 0 Å². The predicted octanol–water partition coefficient (Wildman–Crippen LogP) is 2.99. The summed E-state index contributed by atoms with van der Waals surface area (Å²) in [5.74, 6) is 0.922. The molecule has 2 heteroatoms. The fourth-order valence-electron chi connectivity index (χ4n) is 2.21. The number of rotatable bonds is 2. The van der Waals surface area contributed by atoms with Crippen molar-refractivity contribution in [3.8, 4) is 5.75 Å². The Bertz CT molecular complexity index is 360. The van der Waals surface area contributed by atoms with Crippen LogP contribution >= 0.6 is 0 Å². The maximum Gasteiger partial charge on any atom is 0.124 e. The third-order valence-corrected chi connectivity index (χ3v) is 3.29. The molecule has 0 spiro atoms. The second-order valence-electron chi connectivity index (χ2n) is 4.78. The number of benzene rings is 1. The van der Waals surface area contributed by atoms with Gasteiger partial charge in [0.25, 0.3) is 0 Å². The molecule has 1 fully saturated rings. The summed E-state index contributed by atoms with van der Waals surface area (Å²) in [5.41, 5.74) is 2.34. The van der Waals surface area contributed by atoms with Gasteiger partial charge in [-0.1, -0.05) is 18.6 Å². The van der Waals surface area contributed by atoms with Crippen LogP contribution < -0.4 is 4.74 Å². The highest BCUT2D eigenvalue weighted by Crippen LogP contribution is 2.26. The van der Waals surface area contributed by atoms with E-state index >= 15 is 0 Å². The third-order valence-electron chi connectivity index (χ3n) is 3.29. The summed E-state index contributed by atoms with van der Waals surface area (Å²) < 4.78 is 5.93. The molecule has 1 N–H and O–H groups in total. The van der Waals surface area contributed by atoms with E-state index in [0.717, 1.165) is 37.0 Å². The van der Waals surface area contributed by atoms with Crippen molar-refractivity contribution in [2.75, 3.05) is 0 Å². The lowest BCUT2D eigenvalue weighted by Crippen LogP contribution is -2.34. The lowest BCUT2D eigenvalue weighted by Gasteiger charge is -2.28. The maximum absolute atomic E-state index is 9.87. The largest absolute Gasteiger partial charge is 0.487 e. The van der Waals surface area contributed by atoms with Crippen LogP contribution in [0.5, 0.6) is 5.75 Å². The first kappa shape index (κ1) is 11.5. The van der Waals surface area contributed by atoms with Gasteiger partial charge in [-0.3, -0.25) is 0 Å². The van der Waals surface area contributed by atoms with Crippen LogP contribution in [0.2, 0.25) is 0 Å². The van der Waals surface area contributed by atoms with E-state index in [0.29, 0.717) is 0 Å². The highest BCUT2D eigenvalue weighted by Gasteiger charge is 2.24. The topological polar surface area (TPSA) is 29.5 Å². The molecule has 0 unspecified atom stereocenters. The number of aliphatic hydroxyl groups excluding tert-OH is 1. The van der Waals surface area contributed by atoms with Crippen LogP contribution in [0.1, 0.15) is 36.8 Å². The minimum Gasteiger partial charge on any atom is -0.487 e. The van der Waals surface area contributed by atoms with Crippen LogP contribution in [0.3, 0.4) is 0 Å². The van der Waals surface area contributed by atoms with Crippen molar-refractivity contribution >= 4 is 0 Å². The number of ether oxygens (including phenoxy) is 1. The fraction of sp³-hybridized carbons (Fsp3) is 0.571. The van der Waals surface area contributed by atoms with E-state index in [-0.39, 0.29) is 12.2 Å². The monoisotopic (exact) mass is 220 g/mol. The molecule has 88 valence electrons. The summed E-state index contributed by atoms with van der Waals surface area (Å²) in [6.45, 7) is 4.10. The van der Waals surface area contributed by atoms with Gasteiger partial charge in [0.2, 0.25) is 0 Å². The minimum atomic E-state index is -0.298. The zero-order chi connectivity index (χ0) is 11.5. The molecule has 0 saturated heterocycles. The van der Waals surface area contributed by atoms with Crippen LogP contribution in [0, 0.1) is 13.8 Å². The van der Waals surface area contributed by atoms with Crippen LogP contribution in [-0.4, -0.2) is 17.3 Å². The standard InChI is InChI=1S/C14H20O2/c1-10-7-8-11(2)14(9-10)16-13-6-4-3-5-12(13)15/h7-9,12-13,15H,3-6H2,1-2H3/t12-,13-/m0/s1. The Kier molecular flexibility index (Phi) is 3.49. The van der Waals surface area contributed by atoms with Crippen molar-refractivity contribution < 1.29 is 9.84 Å². The van der Waals surface area contributed by atoms with Crippen molar-refractivity contribution in [3.63, 3.8) is 0 Å². The number of hydrogen-bond acceptors (Lipinski definition) is 2. The smallest absolute Gasteiger partial charge is 0.124 e. The van der Waals surface area contributed by atoms with Crippen molar-refractivity contribution in [2.45, 2.75) is 51.7 Å². The summed E-state index contributed by atoms with van der Waals surface area (Å²) in [5, 5.41) is 9.87. The van der Waals surface area contributed by atoms with Gasteiger partial charge < -0.3 is 9.84 Å².